The van der Waals surface area contributed by atoms with Crippen LogP contribution in [0.3, 0.4) is 0 Å². The smallest absolute Gasteiger partial charge is 0.407 e. The highest BCUT2D eigenvalue weighted by atomic mass is 19.1. The fourth-order valence-electron chi connectivity index (χ4n) is 4.29. The highest BCUT2D eigenvalue weighted by Crippen LogP contribution is 2.32. The van der Waals surface area contributed by atoms with Crippen molar-refractivity contribution in [2.24, 2.45) is 0 Å². The first kappa shape index (κ1) is 22.1. The van der Waals surface area contributed by atoms with Crippen molar-refractivity contribution in [1.29, 1.82) is 0 Å². The largest absolute Gasteiger partial charge is 0.443 e. The van der Waals surface area contributed by atoms with Crippen LogP contribution in [0.15, 0.2) is 52.9 Å². The molecule has 2 aliphatic heterocycles. The number of anilines is 1. The summed E-state index contributed by atoms with van der Waals surface area (Å²) in [5.41, 5.74) is 2.92. The molecule has 3 heterocycles. The third-order valence-electron chi connectivity index (χ3n) is 6.33. The quantitative estimate of drug-likeness (QED) is 0.552. The molecule has 2 saturated heterocycles. The number of carbonyl (C=O) groups is 2. The number of aromatic nitrogens is 1. The van der Waals surface area contributed by atoms with Crippen LogP contribution in [0.1, 0.15) is 12.5 Å². The molecular weight excluding hydrogens is 448 g/mol. The standard InChI is InChI=1S/C23H23F2N5O4/c1-23(14-5-3-2-4-6-14,18-12-26-22(32)34-18)20(31)28-29-9-10-30(19(25)13-29)21-27-16-11-15(24)7-8-17(16)33-21/h2-8,11,18-19H,9-10,12-13H2,1H3,(H,26,32)(H,28,31). The summed E-state index contributed by atoms with van der Waals surface area (Å²) in [5.74, 6) is -0.875. The van der Waals surface area contributed by atoms with Gasteiger partial charge in [-0.05, 0) is 24.6 Å². The number of hydrogen-bond donors (Lipinski definition) is 2. The van der Waals surface area contributed by atoms with Crippen molar-refractivity contribution in [1.82, 2.24) is 20.7 Å². The molecule has 0 radical (unpaired) electrons. The highest BCUT2D eigenvalue weighted by Gasteiger charge is 2.48. The Morgan fingerprint density at radius 1 is 1.24 bits per heavy atom. The van der Waals surface area contributed by atoms with Crippen molar-refractivity contribution in [2.45, 2.75) is 24.7 Å². The van der Waals surface area contributed by atoms with E-state index in [0.717, 1.165) is 0 Å². The van der Waals surface area contributed by atoms with E-state index in [-0.39, 0.29) is 32.2 Å². The number of hydrogen-bond acceptors (Lipinski definition) is 7. The van der Waals surface area contributed by atoms with Crippen LogP contribution in [0, 0.1) is 5.82 Å². The molecule has 2 amide bonds. The van der Waals surface area contributed by atoms with Gasteiger partial charge in [0.25, 0.3) is 0 Å². The van der Waals surface area contributed by atoms with Gasteiger partial charge in [0.05, 0.1) is 13.1 Å². The summed E-state index contributed by atoms with van der Waals surface area (Å²) in [7, 11) is 0. The van der Waals surface area contributed by atoms with Crippen molar-refractivity contribution >= 4 is 29.1 Å². The molecule has 2 N–H and O–H groups in total. The van der Waals surface area contributed by atoms with Crippen LogP contribution < -0.4 is 15.6 Å². The minimum Gasteiger partial charge on any atom is -0.443 e. The Kier molecular flexibility index (Phi) is 5.56. The Hall–Kier alpha value is -3.73. The van der Waals surface area contributed by atoms with E-state index in [1.807, 2.05) is 6.07 Å². The lowest BCUT2D eigenvalue weighted by Gasteiger charge is -2.39. The number of hydrazine groups is 1. The molecule has 0 saturated carbocycles. The molecule has 2 fully saturated rings. The zero-order chi connectivity index (χ0) is 23.9. The first-order valence-corrected chi connectivity index (χ1v) is 10.9. The van der Waals surface area contributed by atoms with E-state index in [1.165, 1.54) is 28.1 Å². The van der Waals surface area contributed by atoms with Gasteiger partial charge in [0, 0.05) is 19.2 Å². The van der Waals surface area contributed by atoms with Crippen LogP contribution in [0.5, 0.6) is 0 Å². The molecule has 0 aliphatic carbocycles. The molecule has 34 heavy (non-hydrogen) atoms. The minimum atomic E-state index is -1.53. The number of cyclic esters (lactones) is 1. The molecule has 3 aromatic rings. The normalized spacial score (nSPS) is 22.8. The Balaban J connectivity index is 1.31. The third kappa shape index (κ3) is 3.92. The van der Waals surface area contributed by atoms with Gasteiger partial charge in [-0.1, -0.05) is 30.3 Å². The summed E-state index contributed by atoms with van der Waals surface area (Å²) in [6, 6.07) is 13.0. The van der Waals surface area contributed by atoms with Crippen LogP contribution >= 0.6 is 0 Å². The number of rotatable bonds is 5. The fraction of sp³-hybridized carbons (Fsp3) is 0.348. The summed E-state index contributed by atoms with van der Waals surface area (Å²) >= 11 is 0. The van der Waals surface area contributed by atoms with E-state index in [1.54, 1.807) is 31.2 Å². The first-order valence-electron chi connectivity index (χ1n) is 10.9. The third-order valence-corrected chi connectivity index (χ3v) is 6.33. The second kappa shape index (κ2) is 8.56. The highest BCUT2D eigenvalue weighted by molar-refractivity contribution is 5.89. The number of alkyl halides is 1. The zero-order valence-electron chi connectivity index (χ0n) is 18.3. The van der Waals surface area contributed by atoms with Gasteiger partial charge in [-0.2, -0.15) is 4.98 Å². The lowest BCUT2D eigenvalue weighted by atomic mass is 9.76. The topological polar surface area (TPSA) is 99.9 Å². The lowest BCUT2D eigenvalue weighted by Crippen LogP contribution is -2.61. The summed E-state index contributed by atoms with van der Waals surface area (Å²) in [4.78, 5) is 30.7. The second-order valence-electron chi connectivity index (χ2n) is 8.47. The summed E-state index contributed by atoms with van der Waals surface area (Å²) in [6.07, 6.45) is -2.85. The minimum absolute atomic E-state index is 0.0529. The molecule has 5 rings (SSSR count). The van der Waals surface area contributed by atoms with E-state index in [2.05, 4.69) is 15.7 Å². The molecule has 3 atom stereocenters. The predicted molar refractivity (Wildman–Crippen MR) is 118 cm³/mol. The molecule has 2 aromatic carbocycles. The maximum absolute atomic E-state index is 15.1. The zero-order valence-corrected chi connectivity index (χ0v) is 18.3. The van der Waals surface area contributed by atoms with Crippen molar-refractivity contribution in [2.75, 3.05) is 31.1 Å². The Bertz CT molecular complexity index is 1220. The number of piperazine rings is 1. The van der Waals surface area contributed by atoms with Gasteiger partial charge in [0.2, 0.25) is 5.91 Å². The Morgan fingerprint density at radius 2 is 2.03 bits per heavy atom. The number of carbonyl (C=O) groups excluding carboxylic acids is 2. The number of nitrogens with one attached hydrogen (secondary N) is 2. The van der Waals surface area contributed by atoms with Gasteiger partial charge in [-0.15, -0.1) is 0 Å². The number of nitrogens with zero attached hydrogens (tertiary/aromatic N) is 3. The average molecular weight is 471 g/mol. The van der Waals surface area contributed by atoms with Crippen molar-refractivity contribution < 1.29 is 27.5 Å². The van der Waals surface area contributed by atoms with Crippen LogP contribution in [-0.2, 0) is 14.9 Å². The van der Waals surface area contributed by atoms with E-state index in [9.17, 15) is 14.0 Å². The number of amides is 2. The molecule has 0 bridgehead atoms. The molecule has 1 aromatic heterocycles. The van der Waals surface area contributed by atoms with Gasteiger partial charge < -0.3 is 14.5 Å². The average Bonchev–Trinajstić information content (AvgIpc) is 3.45. The first-order chi connectivity index (χ1) is 16.3. The van der Waals surface area contributed by atoms with Gasteiger partial charge >= 0.3 is 12.1 Å². The van der Waals surface area contributed by atoms with Gasteiger partial charge in [0.15, 0.2) is 11.9 Å². The van der Waals surface area contributed by atoms with Crippen LogP contribution in [-0.4, -0.2) is 60.6 Å². The number of fused-ring (bicyclic) bond motifs is 1. The van der Waals surface area contributed by atoms with E-state index < -0.39 is 35.6 Å². The van der Waals surface area contributed by atoms with Crippen LogP contribution in [0.4, 0.5) is 19.6 Å². The van der Waals surface area contributed by atoms with Gasteiger partial charge in [0.1, 0.15) is 22.9 Å². The number of oxazole rings is 1. The van der Waals surface area contributed by atoms with Gasteiger partial charge in [-0.3, -0.25) is 15.1 Å². The molecule has 0 spiro atoms. The predicted octanol–water partition coefficient (Wildman–Crippen LogP) is 2.48. The summed E-state index contributed by atoms with van der Waals surface area (Å²) in [6.45, 7) is 2.19. The number of halogens is 2. The maximum atomic E-state index is 15.1. The van der Waals surface area contributed by atoms with Crippen molar-refractivity contribution in [3.8, 4) is 0 Å². The fourth-order valence-corrected chi connectivity index (χ4v) is 4.29. The van der Waals surface area contributed by atoms with E-state index in [4.69, 9.17) is 9.15 Å². The second-order valence-corrected chi connectivity index (χ2v) is 8.47. The van der Waals surface area contributed by atoms with E-state index >= 15 is 4.39 Å². The molecule has 3 unspecified atom stereocenters. The molecule has 11 heteroatoms. The molecule has 2 aliphatic rings. The van der Waals surface area contributed by atoms with Crippen molar-refractivity contribution in [3.63, 3.8) is 0 Å². The molecule has 178 valence electrons. The molecule has 9 nitrogen and oxygen atoms in total. The number of ether oxygens (including phenoxy) is 1. The van der Waals surface area contributed by atoms with Crippen molar-refractivity contribution in [3.05, 3.63) is 59.9 Å². The Morgan fingerprint density at radius 3 is 2.74 bits per heavy atom. The monoisotopic (exact) mass is 471 g/mol. The summed E-state index contributed by atoms with van der Waals surface area (Å²) in [5, 5.41) is 4.07. The summed E-state index contributed by atoms with van der Waals surface area (Å²) < 4.78 is 39.5. The SMILES string of the molecule is CC(C(=O)NN1CCN(c2nc3cc(F)ccc3o2)C(F)C1)(c1ccccc1)C1CNC(=O)O1. The Labute approximate surface area is 193 Å². The number of benzene rings is 2. The molecular formula is C23H23F2N5O4. The van der Waals surface area contributed by atoms with Crippen LogP contribution in [0.25, 0.3) is 11.1 Å². The van der Waals surface area contributed by atoms with Gasteiger partial charge in [-0.25, -0.2) is 18.6 Å². The van der Waals surface area contributed by atoms with E-state index in [0.29, 0.717) is 16.7 Å². The number of alkyl carbamates (subject to hydrolysis) is 1. The lowest BCUT2D eigenvalue weighted by molar-refractivity contribution is -0.135. The maximum Gasteiger partial charge on any atom is 0.407 e. The van der Waals surface area contributed by atoms with Crippen LogP contribution in [0.2, 0.25) is 0 Å².